The molecule has 0 spiro atoms. The van der Waals surface area contributed by atoms with Crippen molar-refractivity contribution in [2.45, 2.75) is 59.7 Å². The number of carbonyl (C=O) groups excluding carboxylic acids is 2. The van der Waals surface area contributed by atoms with Gasteiger partial charge in [0.1, 0.15) is 13.5 Å². The van der Waals surface area contributed by atoms with E-state index in [4.69, 9.17) is 14.3 Å². The second-order valence-electron chi connectivity index (χ2n) is 11.3. The predicted octanol–water partition coefficient (Wildman–Crippen LogP) is 3.44. The summed E-state index contributed by atoms with van der Waals surface area (Å²) in [6, 6.07) is 13.4. The Labute approximate surface area is 224 Å². The van der Waals surface area contributed by atoms with Gasteiger partial charge in [0.05, 0.1) is 16.8 Å². The molecule has 1 aliphatic heterocycles. The lowest BCUT2D eigenvalue weighted by Crippen LogP contribution is -2.41. The van der Waals surface area contributed by atoms with Crippen molar-refractivity contribution in [1.29, 1.82) is 0 Å². The maximum atomic E-state index is 14.0. The van der Waals surface area contributed by atoms with Gasteiger partial charge in [-0.2, -0.15) is 0 Å². The van der Waals surface area contributed by atoms with Gasteiger partial charge in [-0.1, -0.05) is 41.9 Å². The molecule has 2 aromatic carbocycles. The molecule has 5 rings (SSSR count). The highest BCUT2D eigenvalue weighted by molar-refractivity contribution is 6.62. The van der Waals surface area contributed by atoms with Gasteiger partial charge in [0.15, 0.2) is 5.78 Å². The van der Waals surface area contributed by atoms with E-state index in [1.807, 2.05) is 98.8 Å². The van der Waals surface area contributed by atoms with Crippen LogP contribution in [-0.4, -0.2) is 47.4 Å². The number of hydrogen-bond acceptors (Lipinski definition) is 5. The van der Waals surface area contributed by atoms with Crippen molar-refractivity contribution in [2.75, 3.05) is 0 Å². The number of carbonyl (C=O) groups is 2. The number of hydrogen-bond donors (Lipinski definition) is 0. The monoisotopic (exact) mass is 506 g/mol. The van der Waals surface area contributed by atoms with Gasteiger partial charge < -0.3 is 9.31 Å². The van der Waals surface area contributed by atoms with Crippen LogP contribution in [0.4, 0.5) is 0 Å². The fourth-order valence-corrected chi connectivity index (χ4v) is 5.15. The molecular weight excluding hydrogens is 474 g/mol. The van der Waals surface area contributed by atoms with Crippen LogP contribution >= 0.6 is 0 Å². The third kappa shape index (κ3) is 4.12. The first-order chi connectivity index (χ1) is 17.8. The molecule has 1 aliphatic rings. The molecule has 8 heteroatoms. The van der Waals surface area contributed by atoms with E-state index < -0.39 is 18.3 Å². The second kappa shape index (κ2) is 9.07. The smallest absolute Gasteiger partial charge is 0.399 e. The summed E-state index contributed by atoms with van der Waals surface area (Å²) in [6.07, 6.45) is 3.31. The third-order valence-electron chi connectivity index (χ3n) is 8.06. The van der Waals surface area contributed by atoms with Crippen LogP contribution in [0.15, 0.2) is 54.9 Å². The molecule has 0 atom stereocenters. The minimum Gasteiger partial charge on any atom is -0.399 e. The van der Waals surface area contributed by atoms with Gasteiger partial charge in [0, 0.05) is 34.4 Å². The molecule has 6 nitrogen and oxygen atoms in total. The Bertz CT molecular complexity index is 1560. The summed E-state index contributed by atoms with van der Waals surface area (Å²) >= 11 is 0. The largest absolute Gasteiger partial charge is 0.496 e. The maximum absolute atomic E-state index is 14.0. The van der Waals surface area contributed by atoms with E-state index in [1.165, 1.54) is 4.57 Å². The van der Waals surface area contributed by atoms with Gasteiger partial charge in [-0.25, -0.2) is 4.98 Å². The molecule has 1 fully saturated rings. The second-order valence-corrected chi connectivity index (χ2v) is 11.3. The molecule has 0 bridgehead atoms. The van der Waals surface area contributed by atoms with Gasteiger partial charge in [0.25, 0.3) is 5.91 Å². The molecule has 38 heavy (non-hydrogen) atoms. The highest BCUT2D eigenvalue weighted by Gasteiger charge is 2.52. The molecule has 3 heterocycles. The van der Waals surface area contributed by atoms with Crippen molar-refractivity contribution < 1.29 is 18.9 Å². The van der Waals surface area contributed by atoms with E-state index in [2.05, 4.69) is 0 Å². The van der Waals surface area contributed by atoms with Crippen LogP contribution in [0.25, 0.3) is 11.0 Å². The van der Waals surface area contributed by atoms with Gasteiger partial charge in [-0.3, -0.25) is 14.2 Å². The number of pyridine rings is 1. The third-order valence-corrected chi connectivity index (χ3v) is 8.06. The molecule has 192 valence electrons. The Morgan fingerprint density at radius 3 is 2.03 bits per heavy atom. The standard InChI is InChI=1S/C30H32B2N2O4/c1-17-10-8-11-18(2)24(17)28(36)34-16-22(26(35)25-19(3)12-9-13-23(25)31)21-14-20(15-33-27(21)34)32-37-29(4,5)30(6,7)38-32/h8-16H,31H2,1-7H3. The van der Waals surface area contributed by atoms with Crippen LogP contribution in [0, 0.1) is 20.8 Å². The lowest BCUT2D eigenvalue weighted by Gasteiger charge is -2.32. The van der Waals surface area contributed by atoms with E-state index in [1.54, 1.807) is 12.4 Å². The van der Waals surface area contributed by atoms with Gasteiger partial charge in [-0.15, -0.1) is 0 Å². The van der Waals surface area contributed by atoms with Crippen molar-refractivity contribution in [3.63, 3.8) is 0 Å². The number of rotatable bonds is 4. The van der Waals surface area contributed by atoms with Gasteiger partial charge in [0.2, 0.25) is 0 Å². The Balaban J connectivity index is 1.71. The van der Waals surface area contributed by atoms with E-state index >= 15 is 0 Å². The Morgan fingerprint density at radius 1 is 0.895 bits per heavy atom. The SMILES string of the molecule is Bc1cccc(C)c1C(=O)c1cn(C(=O)c2c(C)cccc2C)c2ncc(B3OC(C)(C)C(C)(C)O3)cc12. The van der Waals surface area contributed by atoms with Crippen molar-refractivity contribution in [1.82, 2.24) is 9.55 Å². The minimum atomic E-state index is -0.641. The summed E-state index contributed by atoms with van der Waals surface area (Å²) in [5.74, 6) is -0.367. The molecule has 0 aliphatic carbocycles. The molecule has 0 radical (unpaired) electrons. The average Bonchev–Trinajstić information content (AvgIpc) is 3.31. The first-order valence-electron chi connectivity index (χ1n) is 12.9. The van der Waals surface area contributed by atoms with E-state index in [9.17, 15) is 9.59 Å². The number of ketones is 1. The maximum Gasteiger partial charge on any atom is 0.496 e. The van der Waals surface area contributed by atoms with E-state index in [-0.39, 0.29) is 11.7 Å². The zero-order valence-corrected chi connectivity index (χ0v) is 23.3. The fourth-order valence-electron chi connectivity index (χ4n) is 5.15. The Kier molecular flexibility index (Phi) is 6.24. The lowest BCUT2D eigenvalue weighted by atomic mass is 9.79. The molecular formula is C30H32B2N2O4. The molecule has 1 saturated heterocycles. The minimum absolute atomic E-state index is 0.147. The van der Waals surface area contributed by atoms with Crippen molar-refractivity contribution >= 4 is 48.6 Å². The topological polar surface area (TPSA) is 70.4 Å². The van der Waals surface area contributed by atoms with Crippen molar-refractivity contribution in [3.8, 4) is 0 Å². The average molecular weight is 506 g/mol. The zero-order valence-electron chi connectivity index (χ0n) is 23.3. The summed E-state index contributed by atoms with van der Waals surface area (Å²) in [6.45, 7) is 13.7. The van der Waals surface area contributed by atoms with Crippen LogP contribution in [0.1, 0.15) is 70.7 Å². The zero-order chi connectivity index (χ0) is 27.6. The quantitative estimate of drug-likeness (QED) is 0.314. The molecule has 0 unspecified atom stereocenters. The summed E-state index contributed by atoms with van der Waals surface area (Å²) in [4.78, 5) is 32.6. The van der Waals surface area contributed by atoms with E-state index in [0.717, 1.165) is 22.2 Å². The summed E-state index contributed by atoms with van der Waals surface area (Å²) in [5, 5.41) is 0.587. The normalized spacial score (nSPS) is 16.2. The molecule has 0 saturated carbocycles. The number of aromatic nitrogens is 2. The van der Waals surface area contributed by atoms with Gasteiger partial charge >= 0.3 is 7.12 Å². The van der Waals surface area contributed by atoms with Crippen molar-refractivity contribution in [2.24, 2.45) is 0 Å². The predicted molar refractivity (Wildman–Crippen MR) is 154 cm³/mol. The van der Waals surface area contributed by atoms with Crippen LogP contribution < -0.4 is 10.9 Å². The van der Waals surface area contributed by atoms with Crippen molar-refractivity contribution in [3.05, 3.63) is 88.2 Å². The number of aryl methyl sites for hydroxylation is 3. The molecule has 2 aromatic heterocycles. The van der Waals surface area contributed by atoms with E-state index in [0.29, 0.717) is 33.2 Å². The summed E-state index contributed by atoms with van der Waals surface area (Å²) in [7, 11) is 1.28. The Morgan fingerprint density at radius 2 is 1.45 bits per heavy atom. The summed E-state index contributed by atoms with van der Waals surface area (Å²) < 4.78 is 14.0. The van der Waals surface area contributed by atoms with Crippen LogP contribution in [0.2, 0.25) is 0 Å². The summed E-state index contributed by atoms with van der Waals surface area (Å²) in [5.41, 5.74) is 5.24. The number of nitrogens with zero attached hydrogens (tertiary/aromatic N) is 2. The lowest BCUT2D eigenvalue weighted by molar-refractivity contribution is 0.00578. The van der Waals surface area contributed by atoms with Gasteiger partial charge in [-0.05, 0) is 71.2 Å². The first kappa shape index (κ1) is 26.1. The molecule has 0 N–H and O–H groups in total. The molecule has 4 aromatic rings. The number of benzene rings is 2. The fraction of sp³-hybridized carbons (Fsp3) is 0.300. The van der Waals surface area contributed by atoms with Crippen LogP contribution in [-0.2, 0) is 9.31 Å². The first-order valence-corrected chi connectivity index (χ1v) is 12.9. The Hall–Kier alpha value is -3.48. The van der Waals surface area contributed by atoms with Crippen LogP contribution in [0.5, 0.6) is 0 Å². The van der Waals surface area contributed by atoms with Crippen LogP contribution in [0.3, 0.4) is 0 Å². The highest BCUT2D eigenvalue weighted by Crippen LogP contribution is 2.37. The number of fused-ring (bicyclic) bond motifs is 1. The molecule has 0 amide bonds. The highest BCUT2D eigenvalue weighted by atomic mass is 16.7.